The summed E-state index contributed by atoms with van der Waals surface area (Å²) in [6.45, 7) is 0. The van der Waals surface area contributed by atoms with E-state index in [2.05, 4.69) is 263 Å². The van der Waals surface area contributed by atoms with Gasteiger partial charge in [0.15, 0.2) is 0 Å². The molecule has 14 aromatic rings. The molecule has 0 unspecified atom stereocenters. The maximum absolute atomic E-state index is 2.48. The van der Waals surface area contributed by atoms with Crippen molar-refractivity contribution in [2.24, 2.45) is 0 Å². The molecule has 2 aromatic heterocycles. The van der Waals surface area contributed by atoms with Gasteiger partial charge in [-0.05, 0) is 146 Å². The van der Waals surface area contributed by atoms with Crippen LogP contribution in [0.1, 0.15) is 0 Å². The minimum Gasteiger partial charge on any atom is -0.311 e. The van der Waals surface area contributed by atoms with Crippen LogP contribution in [0.2, 0.25) is 0 Å². The summed E-state index contributed by atoms with van der Waals surface area (Å²) in [6.07, 6.45) is 0. The average Bonchev–Trinajstić information content (AvgIpc) is 3.91. The fourth-order valence-corrected chi connectivity index (χ4v) is 11.1. The van der Waals surface area contributed by atoms with Gasteiger partial charge in [-0.25, -0.2) is 0 Å². The van der Waals surface area contributed by atoms with E-state index in [0.717, 1.165) is 22.7 Å². The number of hydrogen-bond donors (Lipinski definition) is 0. The molecule has 3 heteroatoms. The van der Waals surface area contributed by atoms with E-state index in [0.29, 0.717) is 0 Å². The Morgan fingerprint density at radius 3 is 1.48 bits per heavy atom. The Morgan fingerprint density at radius 1 is 0.254 bits per heavy atom. The third-order valence-electron chi connectivity index (χ3n) is 14.0. The van der Waals surface area contributed by atoms with E-state index in [1.165, 1.54) is 104 Å². The van der Waals surface area contributed by atoms with Crippen molar-refractivity contribution in [3.05, 3.63) is 249 Å². The Kier molecular flexibility index (Phi) is 8.28. The van der Waals surface area contributed by atoms with Crippen molar-refractivity contribution >= 4 is 93.0 Å². The zero-order valence-electron chi connectivity index (χ0n) is 36.5. The number of anilines is 3. The number of rotatable bonds is 7. The normalized spacial score (nSPS) is 11.9. The van der Waals surface area contributed by atoms with Crippen molar-refractivity contribution in [2.75, 3.05) is 4.90 Å². The highest BCUT2D eigenvalue weighted by Gasteiger charge is 2.21. The van der Waals surface area contributed by atoms with Crippen LogP contribution in [0.4, 0.5) is 17.1 Å². The van der Waals surface area contributed by atoms with E-state index in [9.17, 15) is 0 Å². The average molecular weight is 852 g/mol. The summed E-state index contributed by atoms with van der Waals surface area (Å²) in [6, 6.07) is 91.1. The van der Waals surface area contributed by atoms with Crippen LogP contribution in [0.5, 0.6) is 0 Å². The summed E-state index contributed by atoms with van der Waals surface area (Å²) in [5.41, 5.74) is 15.4. The SMILES string of the molecule is c1ccc(N(c2ccccc2)c2ccc(-c3ccc4ccc5c6c(ccc3c46)cc3c5c4ccc(-c5ccc6c(c5)c5ccccc5n6-c5ccccc5)cc4n3-c3ccccc3)cc2)cc1. The Labute approximate surface area is 387 Å². The second kappa shape index (κ2) is 14.8. The summed E-state index contributed by atoms with van der Waals surface area (Å²) in [7, 11) is 0. The maximum Gasteiger partial charge on any atom is 0.0553 e. The van der Waals surface area contributed by atoms with Gasteiger partial charge in [0.05, 0.1) is 22.1 Å². The first-order valence-electron chi connectivity index (χ1n) is 23.1. The number of hydrogen-bond acceptors (Lipinski definition) is 1. The zero-order chi connectivity index (χ0) is 44.0. The van der Waals surface area contributed by atoms with Crippen LogP contribution in [-0.4, -0.2) is 9.13 Å². The number of nitrogens with zero attached hydrogens (tertiary/aromatic N) is 3. The number of aromatic nitrogens is 2. The molecule has 0 saturated heterocycles. The fraction of sp³-hybridized carbons (Fsp3) is 0. The standard InChI is InChI=1S/C64H41N3/c1-5-15-47(16-6-1)65(48-17-7-2-8-18-48)51-32-25-42(26-33-51)52-34-27-43-28-37-56-63-46(30-35-54(52)62(43)63)41-61-64(56)55-36-29-45(40-60(55)67(61)50-21-11-4-12-22-50)44-31-38-59-57(39-44)53-23-13-14-24-58(53)66(59)49-19-9-3-10-20-49/h1-41H. The summed E-state index contributed by atoms with van der Waals surface area (Å²) >= 11 is 0. The molecule has 0 radical (unpaired) electrons. The summed E-state index contributed by atoms with van der Waals surface area (Å²) < 4.78 is 4.86. The third kappa shape index (κ3) is 5.78. The van der Waals surface area contributed by atoms with E-state index in [1.54, 1.807) is 0 Å². The van der Waals surface area contributed by atoms with Gasteiger partial charge in [0, 0.05) is 50.0 Å². The molecule has 14 rings (SSSR count). The van der Waals surface area contributed by atoms with E-state index in [4.69, 9.17) is 0 Å². The lowest BCUT2D eigenvalue weighted by molar-refractivity contribution is 1.18. The molecule has 0 saturated carbocycles. The van der Waals surface area contributed by atoms with Crippen molar-refractivity contribution in [3.8, 4) is 33.6 Å². The molecule has 0 atom stereocenters. The molecular weight excluding hydrogens is 811 g/mol. The second-order valence-electron chi connectivity index (χ2n) is 17.7. The van der Waals surface area contributed by atoms with Crippen LogP contribution in [0.3, 0.4) is 0 Å². The highest BCUT2D eigenvalue weighted by atomic mass is 15.1. The van der Waals surface area contributed by atoms with Crippen LogP contribution in [0.15, 0.2) is 249 Å². The molecule has 3 nitrogen and oxygen atoms in total. The monoisotopic (exact) mass is 851 g/mol. The number of benzene rings is 12. The first-order valence-corrected chi connectivity index (χ1v) is 23.1. The zero-order valence-corrected chi connectivity index (χ0v) is 36.5. The molecule has 0 N–H and O–H groups in total. The Balaban J connectivity index is 0.942. The minimum atomic E-state index is 1.12. The van der Waals surface area contributed by atoms with Crippen LogP contribution in [0, 0.1) is 0 Å². The fourth-order valence-electron chi connectivity index (χ4n) is 11.1. The molecule has 0 spiro atoms. The van der Waals surface area contributed by atoms with Gasteiger partial charge in [-0.2, -0.15) is 0 Å². The van der Waals surface area contributed by atoms with E-state index in [1.807, 2.05) is 0 Å². The van der Waals surface area contributed by atoms with Crippen molar-refractivity contribution in [1.29, 1.82) is 0 Å². The van der Waals surface area contributed by atoms with E-state index >= 15 is 0 Å². The predicted molar refractivity (Wildman–Crippen MR) is 284 cm³/mol. The molecule has 0 amide bonds. The molecule has 12 aromatic carbocycles. The van der Waals surface area contributed by atoms with Crippen molar-refractivity contribution in [1.82, 2.24) is 9.13 Å². The molecule has 0 aliphatic carbocycles. The van der Waals surface area contributed by atoms with Gasteiger partial charge in [0.2, 0.25) is 0 Å². The van der Waals surface area contributed by atoms with Crippen LogP contribution < -0.4 is 4.90 Å². The minimum absolute atomic E-state index is 1.12. The van der Waals surface area contributed by atoms with E-state index < -0.39 is 0 Å². The molecule has 0 bridgehead atoms. The molecular formula is C64H41N3. The molecule has 0 fully saturated rings. The van der Waals surface area contributed by atoms with Gasteiger partial charge in [-0.3, -0.25) is 0 Å². The van der Waals surface area contributed by atoms with Crippen LogP contribution in [-0.2, 0) is 0 Å². The number of fused-ring (bicyclic) bond motifs is 7. The largest absolute Gasteiger partial charge is 0.311 e. The highest BCUT2D eigenvalue weighted by molar-refractivity contribution is 6.34. The van der Waals surface area contributed by atoms with Crippen molar-refractivity contribution in [3.63, 3.8) is 0 Å². The molecule has 67 heavy (non-hydrogen) atoms. The van der Waals surface area contributed by atoms with E-state index in [-0.39, 0.29) is 0 Å². The summed E-state index contributed by atoms with van der Waals surface area (Å²) in [5.74, 6) is 0. The summed E-state index contributed by atoms with van der Waals surface area (Å²) in [5, 5.41) is 12.7. The second-order valence-corrected chi connectivity index (χ2v) is 17.7. The maximum atomic E-state index is 2.48. The van der Waals surface area contributed by atoms with Gasteiger partial charge in [-0.1, -0.05) is 158 Å². The van der Waals surface area contributed by atoms with Gasteiger partial charge in [0.25, 0.3) is 0 Å². The third-order valence-corrected chi connectivity index (χ3v) is 14.0. The molecule has 0 aliphatic rings. The topological polar surface area (TPSA) is 13.1 Å². The first kappa shape index (κ1) is 37.5. The van der Waals surface area contributed by atoms with Gasteiger partial charge in [-0.15, -0.1) is 0 Å². The Morgan fingerprint density at radius 2 is 0.761 bits per heavy atom. The lowest BCUT2D eigenvalue weighted by atomic mass is 9.88. The molecule has 0 aliphatic heterocycles. The van der Waals surface area contributed by atoms with Crippen molar-refractivity contribution in [2.45, 2.75) is 0 Å². The lowest BCUT2D eigenvalue weighted by Gasteiger charge is -2.25. The summed E-state index contributed by atoms with van der Waals surface area (Å²) in [4.78, 5) is 2.32. The van der Waals surface area contributed by atoms with Gasteiger partial charge < -0.3 is 14.0 Å². The van der Waals surface area contributed by atoms with Crippen LogP contribution in [0.25, 0.3) is 110 Å². The smallest absolute Gasteiger partial charge is 0.0553 e. The molecule has 2 heterocycles. The number of para-hydroxylation sites is 5. The highest BCUT2D eigenvalue weighted by Crippen LogP contribution is 2.46. The van der Waals surface area contributed by atoms with Crippen LogP contribution >= 0.6 is 0 Å². The Hall–Kier alpha value is -8.92. The van der Waals surface area contributed by atoms with Gasteiger partial charge >= 0.3 is 0 Å². The van der Waals surface area contributed by atoms with Gasteiger partial charge in [0.1, 0.15) is 0 Å². The van der Waals surface area contributed by atoms with Crippen molar-refractivity contribution < 1.29 is 0 Å². The first-order chi connectivity index (χ1) is 33.2. The predicted octanol–water partition coefficient (Wildman–Crippen LogP) is 17.6. The lowest BCUT2D eigenvalue weighted by Crippen LogP contribution is -2.09. The quantitative estimate of drug-likeness (QED) is 0.146. The Bertz CT molecular complexity index is 4130. The molecule has 312 valence electrons.